The summed E-state index contributed by atoms with van der Waals surface area (Å²) >= 11 is 0. The molecule has 0 aromatic rings. The molecule has 0 aliphatic heterocycles. The molecule has 94 valence electrons. The van der Waals surface area contributed by atoms with E-state index in [2.05, 4.69) is 0 Å². The van der Waals surface area contributed by atoms with Crippen molar-refractivity contribution in [3.8, 4) is 0 Å². The van der Waals surface area contributed by atoms with Crippen LogP contribution in [0.4, 0.5) is 0 Å². The molecule has 0 aliphatic carbocycles. The molecule has 0 radical (unpaired) electrons. The average Bonchev–Trinajstić information content (AvgIpc) is 2.20. The molecular formula is C12H24O3Si. The molecule has 0 aromatic heterocycles. The van der Waals surface area contributed by atoms with Crippen molar-refractivity contribution in [3.05, 3.63) is 11.6 Å². The highest BCUT2D eigenvalue weighted by Crippen LogP contribution is 2.14. The third-order valence-corrected chi connectivity index (χ3v) is 2.97. The first-order valence-electron chi connectivity index (χ1n) is 5.98. The maximum Gasteiger partial charge on any atom is 0.333 e. The van der Waals surface area contributed by atoms with Crippen LogP contribution in [0.3, 0.4) is 0 Å². The van der Waals surface area contributed by atoms with Gasteiger partial charge in [-0.25, -0.2) is 4.79 Å². The first-order valence-corrected chi connectivity index (χ1v) is 7.62. The zero-order valence-electron chi connectivity index (χ0n) is 10.8. The van der Waals surface area contributed by atoms with Crippen LogP contribution in [-0.4, -0.2) is 27.1 Å². The van der Waals surface area contributed by atoms with Crippen LogP contribution < -0.4 is 0 Å². The van der Waals surface area contributed by atoms with Gasteiger partial charge >= 0.3 is 5.97 Å². The van der Waals surface area contributed by atoms with Gasteiger partial charge in [-0.3, -0.25) is 0 Å². The summed E-state index contributed by atoms with van der Waals surface area (Å²) in [6, 6.07) is 0.818. The number of hydrogen-bond donors (Lipinski definition) is 1. The second kappa shape index (κ2) is 8.53. The summed E-state index contributed by atoms with van der Waals surface area (Å²) < 4.78 is 5.17. The molecule has 0 heterocycles. The van der Waals surface area contributed by atoms with Gasteiger partial charge in [-0.05, 0) is 24.3 Å². The van der Waals surface area contributed by atoms with Crippen molar-refractivity contribution in [2.75, 3.05) is 6.61 Å². The standard InChI is InChI=1S/C12H24O3Si/c1-9(2)8-11(10(3)4)12(13)15-6-5-7-16-14/h8-10,14H,5-7,16H2,1-4H3. The van der Waals surface area contributed by atoms with E-state index in [1.165, 1.54) is 0 Å². The second-order valence-electron chi connectivity index (χ2n) is 4.59. The first kappa shape index (κ1) is 15.4. The molecule has 0 saturated heterocycles. The van der Waals surface area contributed by atoms with Crippen molar-refractivity contribution >= 4 is 15.7 Å². The van der Waals surface area contributed by atoms with Crippen LogP contribution in [0.1, 0.15) is 34.1 Å². The molecule has 0 spiro atoms. The summed E-state index contributed by atoms with van der Waals surface area (Å²) in [6.45, 7) is 8.51. The van der Waals surface area contributed by atoms with E-state index in [1.54, 1.807) is 0 Å². The Hall–Kier alpha value is -0.613. The van der Waals surface area contributed by atoms with Crippen molar-refractivity contribution in [1.29, 1.82) is 0 Å². The number of esters is 1. The predicted octanol–water partition coefficient (Wildman–Crippen LogP) is 1.65. The number of hydrogen-bond acceptors (Lipinski definition) is 3. The van der Waals surface area contributed by atoms with E-state index in [1.807, 2.05) is 33.8 Å². The van der Waals surface area contributed by atoms with Crippen LogP contribution in [0.25, 0.3) is 0 Å². The summed E-state index contributed by atoms with van der Waals surface area (Å²) in [5.41, 5.74) is 0.760. The third-order valence-electron chi connectivity index (χ3n) is 2.16. The first-order chi connectivity index (χ1) is 7.49. The number of rotatable bonds is 7. The zero-order chi connectivity index (χ0) is 12.6. The number of ether oxygens (including phenoxy) is 1. The summed E-state index contributed by atoms with van der Waals surface area (Å²) in [6.07, 6.45) is 2.75. The van der Waals surface area contributed by atoms with Crippen LogP contribution in [0.2, 0.25) is 6.04 Å². The second-order valence-corrected chi connectivity index (χ2v) is 5.74. The third kappa shape index (κ3) is 6.79. The van der Waals surface area contributed by atoms with Crippen LogP contribution >= 0.6 is 0 Å². The number of carbonyl (C=O) groups excluding carboxylic acids is 1. The van der Waals surface area contributed by atoms with Gasteiger partial charge in [0.15, 0.2) is 9.76 Å². The van der Waals surface area contributed by atoms with Gasteiger partial charge in [-0.1, -0.05) is 33.8 Å². The predicted molar refractivity (Wildman–Crippen MR) is 68.9 cm³/mol. The van der Waals surface area contributed by atoms with Crippen LogP contribution in [-0.2, 0) is 9.53 Å². The van der Waals surface area contributed by atoms with Crippen molar-refractivity contribution in [1.82, 2.24) is 0 Å². The molecule has 3 nitrogen and oxygen atoms in total. The summed E-state index contributed by atoms with van der Waals surface area (Å²) in [4.78, 5) is 20.5. The highest BCUT2D eigenvalue weighted by Gasteiger charge is 2.15. The van der Waals surface area contributed by atoms with Gasteiger partial charge in [0.1, 0.15) is 0 Å². The Morgan fingerprint density at radius 1 is 1.38 bits per heavy atom. The molecule has 0 atom stereocenters. The molecule has 0 fully saturated rings. The maximum atomic E-state index is 11.7. The lowest BCUT2D eigenvalue weighted by molar-refractivity contribution is -0.139. The van der Waals surface area contributed by atoms with Gasteiger partial charge in [0.25, 0.3) is 0 Å². The minimum Gasteiger partial charge on any atom is -0.462 e. The Morgan fingerprint density at radius 3 is 2.44 bits per heavy atom. The van der Waals surface area contributed by atoms with E-state index in [4.69, 9.17) is 9.53 Å². The molecule has 0 aliphatic rings. The van der Waals surface area contributed by atoms with Crippen molar-refractivity contribution in [2.24, 2.45) is 11.8 Å². The van der Waals surface area contributed by atoms with Crippen LogP contribution in [0.5, 0.6) is 0 Å². The lowest BCUT2D eigenvalue weighted by Gasteiger charge is -2.12. The highest BCUT2D eigenvalue weighted by molar-refractivity contribution is 6.25. The Bertz CT molecular complexity index is 234. The van der Waals surface area contributed by atoms with Crippen LogP contribution in [0.15, 0.2) is 11.6 Å². The molecule has 16 heavy (non-hydrogen) atoms. The fourth-order valence-corrected chi connectivity index (χ4v) is 1.75. The van der Waals surface area contributed by atoms with E-state index in [0.29, 0.717) is 12.5 Å². The highest BCUT2D eigenvalue weighted by atomic mass is 28.2. The summed E-state index contributed by atoms with van der Waals surface area (Å²) in [7, 11) is -0.890. The minimum absolute atomic E-state index is 0.196. The summed E-state index contributed by atoms with van der Waals surface area (Å²) in [5, 5.41) is 0. The largest absolute Gasteiger partial charge is 0.462 e. The Labute approximate surface area is 101 Å². The number of carbonyl (C=O) groups is 1. The molecule has 0 unspecified atom stereocenters. The van der Waals surface area contributed by atoms with E-state index in [-0.39, 0.29) is 11.9 Å². The normalized spacial score (nSPS) is 13.1. The lowest BCUT2D eigenvalue weighted by Crippen LogP contribution is -2.14. The SMILES string of the molecule is CC(C)C=C(C(=O)OCCC[SiH2]O)C(C)C. The van der Waals surface area contributed by atoms with Crippen molar-refractivity contribution in [3.63, 3.8) is 0 Å². The summed E-state index contributed by atoms with van der Waals surface area (Å²) in [5.74, 6) is 0.347. The molecule has 0 amide bonds. The average molecular weight is 244 g/mol. The monoisotopic (exact) mass is 244 g/mol. The fourth-order valence-electron chi connectivity index (χ4n) is 1.32. The smallest absolute Gasteiger partial charge is 0.333 e. The van der Waals surface area contributed by atoms with E-state index in [0.717, 1.165) is 18.0 Å². The molecule has 0 saturated carbocycles. The van der Waals surface area contributed by atoms with E-state index < -0.39 is 9.76 Å². The zero-order valence-corrected chi connectivity index (χ0v) is 12.2. The molecule has 0 aromatic carbocycles. The van der Waals surface area contributed by atoms with Gasteiger partial charge in [-0.2, -0.15) is 0 Å². The lowest BCUT2D eigenvalue weighted by atomic mass is 9.99. The molecular weight excluding hydrogens is 220 g/mol. The van der Waals surface area contributed by atoms with E-state index >= 15 is 0 Å². The minimum atomic E-state index is -0.890. The quantitative estimate of drug-likeness (QED) is 0.321. The molecule has 0 rings (SSSR count). The molecule has 1 N–H and O–H groups in total. The van der Waals surface area contributed by atoms with Gasteiger partial charge in [0.05, 0.1) is 6.61 Å². The van der Waals surface area contributed by atoms with Crippen molar-refractivity contribution < 1.29 is 14.3 Å². The van der Waals surface area contributed by atoms with Crippen LogP contribution in [0, 0.1) is 11.8 Å². The van der Waals surface area contributed by atoms with Gasteiger partial charge in [-0.15, -0.1) is 0 Å². The Kier molecular flexibility index (Phi) is 8.20. The van der Waals surface area contributed by atoms with Gasteiger partial charge in [0, 0.05) is 5.57 Å². The Morgan fingerprint density at radius 2 is 2.00 bits per heavy atom. The van der Waals surface area contributed by atoms with Crippen molar-refractivity contribution in [2.45, 2.75) is 40.2 Å². The van der Waals surface area contributed by atoms with E-state index in [9.17, 15) is 4.79 Å². The molecule has 4 heteroatoms. The van der Waals surface area contributed by atoms with Gasteiger partial charge < -0.3 is 9.53 Å². The number of allylic oxidation sites excluding steroid dienone is 1. The van der Waals surface area contributed by atoms with Gasteiger partial charge in [0.2, 0.25) is 0 Å². The Balaban J connectivity index is 4.19. The topological polar surface area (TPSA) is 46.5 Å². The fraction of sp³-hybridized carbons (Fsp3) is 0.750. The maximum absolute atomic E-state index is 11.7. The molecule has 0 bridgehead atoms.